The summed E-state index contributed by atoms with van der Waals surface area (Å²) in [6, 6.07) is 83.0. The molecule has 0 bridgehead atoms. The summed E-state index contributed by atoms with van der Waals surface area (Å²) in [5.41, 5.74) is 17.2. The molecule has 310 valence electrons. The van der Waals surface area contributed by atoms with Gasteiger partial charge in [-0.15, -0.1) is 0 Å². The van der Waals surface area contributed by atoms with E-state index in [9.17, 15) is 0 Å². The molecule has 0 amide bonds. The molecule has 0 spiro atoms. The van der Waals surface area contributed by atoms with Gasteiger partial charge in [-0.2, -0.15) is 0 Å². The molecule has 0 atom stereocenters. The molecule has 0 aliphatic heterocycles. The Balaban J connectivity index is 0.925. The monoisotopic (exact) mass is 843 g/mol. The normalized spacial score (nSPS) is 11.7. The zero-order valence-electron chi connectivity index (χ0n) is 36.2. The minimum Gasteiger partial charge on any atom is -0.456 e. The quantitative estimate of drug-likeness (QED) is 0.160. The number of nitrogens with zero attached hydrogens (tertiary/aromatic N) is 1. The van der Waals surface area contributed by atoms with Crippen LogP contribution in [0.15, 0.2) is 239 Å². The second kappa shape index (κ2) is 15.3. The van der Waals surface area contributed by atoms with Crippen molar-refractivity contribution in [1.82, 2.24) is 0 Å². The van der Waals surface area contributed by atoms with Crippen molar-refractivity contribution in [2.75, 3.05) is 4.90 Å². The van der Waals surface area contributed by atoms with Gasteiger partial charge < -0.3 is 13.7 Å². The molecule has 3 heteroatoms. The molecule has 0 N–H and O–H groups in total. The second-order valence-corrected chi connectivity index (χ2v) is 17.3. The van der Waals surface area contributed by atoms with Gasteiger partial charge in [0.2, 0.25) is 0 Å². The Kier molecular flexibility index (Phi) is 8.75. The predicted molar refractivity (Wildman–Crippen MR) is 277 cm³/mol. The smallest absolute Gasteiger partial charge is 0.136 e. The summed E-state index contributed by atoms with van der Waals surface area (Å²) in [5.74, 6) is 0. The highest BCUT2D eigenvalue weighted by atomic mass is 16.3. The second-order valence-electron chi connectivity index (χ2n) is 17.3. The summed E-state index contributed by atoms with van der Waals surface area (Å²) in [6.45, 7) is 2.15. The lowest BCUT2D eigenvalue weighted by atomic mass is 9.95. The SMILES string of the molecule is Cc1ccc2cc3oc4cccc(-c5ccccc5N(c5ccc(-c6ccc(-c7cccc8ccccc78)cc6)cc5)c5ccc(-c6ccc7c(c6)oc6ccccc67)cc5)c4c3cc2c1. The maximum atomic E-state index is 6.61. The van der Waals surface area contributed by atoms with Crippen molar-refractivity contribution in [3.05, 3.63) is 236 Å². The zero-order valence-corrected chi connectivity index (χ0v) is 36.2. The first-order chi connectivity index (χ1) is 32.6. The van der Waals surface area contributed by atoms with E-state index in [2.05, 4.69) is 230 Å². The maximum absolute atomic E-state index is 6.61. The Labute approximate surface area is 382 Å². The first-order valence-electron chi connectivity index (χ1n) is 22.6. The maximum Gasteiger partial charge on any atom is 0.136 e. The number of rotatable bonds is 7. The fraction of sp³-hybridized carbons (Fsp3) is 0.0159. The van der Waals surface area contributed by atoms with E-state index < -0.39 is 0 Å². The Morgan fingerprint density at radius 2 is 0.864 bits per heavy atom. The highest BCUT2D eigenvalue weighted by Crippen LogP contribution is 2.46. The van der Waals surface area contributed by atoms with Gasteiger partial charge in [0.15, 0.2) is 0 Å². The Morgan fingerprint density at radius 3 is 1.68 bits per heavy atom. The van der Waals surface area contributed by atoms with E-state index >= 15 is 0 Å². The van der Waals surface area contributed by atoms with E-state index in [4.69, 9.17) is 8.83 Å². The molecule has 11 aromatic carbocycles. The third-order valence-electron chi connectivity index (χ3n) is 13.3. The van der Waals surface area contributed by atoms with E-state index in [0.29, 0.717) is 0 Å². The molecule has 0 saturated carbocycles. The van der Waals surface area contributed by atoms with Gasteiger partial charge in [-0.25, -0.2) is 0 Å². The lowest BCUT2D eigenvalue weighted by molar-refractivity contribution is 0.669. The lowest BCUT2D eigenvalue weighted by Crippen LogP contribution is -2.11. The molecule has 0 unspecified atom stereocenters. The molecule has 2 aromatic heterocycles. The molecule has 3 nitrogen and oxygen atoms in total. The number of hydrogen-bond donors (Lipinski definition) is 0. The minimum absolute atomic E-state index is 0.873. The van der Waals surface area contributed by atoms with Crippen molar-refractivity contribution in [2.45, 2.75) is 6.92 Å². The fourth-order valence-electron chi connectivity index (χ4n) is 10.1. The van der Waals surface area contributed by atoms with Crippen LogP contribution in [-0.2, 0) is 0 Å². The number of furan rings is 2. The average Bonchev–Trinajstić information content (AvgIpc) is 3.94. The summed E-state index contributed by atoms with van der Waals surface area (Å²) >= 11 is 0. The number of para-hydroxylation sites is 2. The van der Waals surface area contributed by atoms with Crippen LogP contribution in [0.5, 0.6) is 0 Å². The molecule has 0 radical (unpaired) electrons. The molecule has 2 heterocycles. The summed E-state index contributed by atoms with van der Waals surface area (Å²) in [7, 11) is 0. The van der Waals surface area contributed by atoms with Crippen molar-refractivity contribution in [1.29, 1.82) is 0 Å². The third-order valence-corrected chi connectivity index (χ3v) is 13.3. The minimum atomic E-state index is 0.873. The summed E-state index contributed by atoms with van der Waals surface area (Å²) in [4.78, 5) is 2.38. The predicted octanol–water partition coefficient (Wildman–Crippen LogP) is 18.2. The van der Waals surface area contributed by atoms with Crippen LogP contribution < -0.4 is 4.90 Å². The Morgan fingerprint density at radius 1 is 0.303 bits per heavy atom. The van der Waals surface area contributed by atoms with E-state index in [1.165, 1.54) is 43.8 Å². The van der Waals surface area contributed by atoms with Crippen LogP contribution >= 0.6 is 0 Å². The van der Waals surface area contributed by atoms with Gasteiger partial charge in [0.25, 0.3) is 0 Å². The summed E-state index contributed by atoms with van der Waals surface area (Å²) in [5, 5.41) is 9.38. The fourth-order valence-corrected chi connectivity index (χ4v) is 10.1. The van der Waals surface area contributed by atoms with Crippen molar-refractivity contribution in [2.24, 2.45) is 0 Å². The highest BCUT2D eigenvalue weighted by molar-refractivity contribution is 6.17. The van der Waals surface area contributed by atoms with Gasteiger partial charge in [0, 0.05) is 38.5 Å². The van der Waals surface area contributed by atoms with Crippen LogP contribution in [0, 0.1) is 6.92 Å². The standard InChI is InChI=1S/C63H41NO2/c1-40-20-21-47-39-62-57(37-48(47)36-40)63-56(16-9-19-60(63)66-62)53-13-4-6-17-58(53)64(50-33-28-43(29-34-50)46-30-35-55-54-14-5-7-18-59(54)65-61(55)38-46)49-31-26-42(27-32-49)41-22-24-45(25-23-41)52-15-8-11-44-10-2-3-12-51(44)52/h2-39H,1H3. The van der Waals surface area contributed by atoms with Crippen LogP contribution in [0.2, 0.25) is 0 Å². The highest BCUT2D eigenvalue weighted by Gasteiger charge is 2.21. The molecular weight excluding hydrogens is 803 g/mol. The molecule has 66 heavy (non-hydrogen) atoms. The van der Waals surface area contributed by atoms with Gasteiger partial charge in [-0.05, 0) is 134 Å². The molecule has 13 rings (SSSR count). The average molecular weight is 844 g/mol. The molecular formula is C63H41NO2. The lowest BCUT2D eigenvalue weighted by Gasteiger charge is -2.28. The van der Waals surface area contributed by atoms with Gasteiger partial charge in [-0.1, -0.05) is 169 Å². The first-order valence-corrected chi connectivity index (χ1v) is 22.6. The largest absolute Gasteiger partial charge is 0.456 e. The van der Waals surface area contributed by atoms with E-state index in [1.54, 1.807) is 0 Å². The number of hydrogen-bond acceptors (Lipinski definition) is 3. The summed E-state index contributed by atoms with van der Waals surface area (Å²) in [6.07, 6.45) is 0. The zero-order chi connectivity index (χ0) is 43.7. The molecule has 13 aromatic rings. The topological polar surface area (TPSA) is 29.5 Å². The van der Waals surface area contributed by atoms with Crippen molar-refractivity contribution >= 4 is 82.5 Å². The van der Waals surface area contributed by atoms with Gasteiger partial charge >= 0.3 is 0 Å². The molecule has 0 aliphatic carbocycles. The van der Waals surface area contributed by atoms with Gasteiger partial charge in [0.1, 0.15) is 22.3 Å². The van der Waals surface area contributed by atoms with Crippen molar-refractivity contribution < 1.29 is 8.83 Å². The Hall–Kier alpha value is -8.66. The van der Waals surface area contributed by atoms with Crippen LogP contribution in [0.25, 0.3) is 110 Å². The number of anilines is 3. The first kappa shape index (κ1) is 37.9. The van der Waals surface area contributed by atoms with E-state index in [-0.39, 0.29) is 0 Å². The number of benzene rings is 11. The van der Waals surface area contributed by atoms with Gasteiger partial charge in [0.05, 0.1) is 5.69 Å². The Bertz CT molecular complexity index is 3980. The van der Waals surface area contributed by atoms with E-state index in [1.807, 2.05) is 12.1 Å². The van der Waals surface area contributed by atoms with Crippen LogP contribution in [0.4, 0.5) is 17.1 Å². The van der Waals surface area contributed by atoms with Gasteiger partial charge in [-0.3, -0.25) is 0 Å². The van der Waals surface area contributed by atoms with Crippen LogP contribution in [0.3, 0.4) is 0 Å². The molecule has 0 fully saturated rings. The van der Waals surface area contributed by atoms with Crippen LogP contribution in [-0.4, -0.2) is 0 Å². The number of aryl methyl sites for hydroxylation is 1. The van der Waals surface area contributed by atoms with Crippen molar-refractivity contribution in [3.8, 4) is 44.5 Å². The van der Waals surface area contributed by atoms with Crippen LogP contribution in [0.1, 0.15) is 5.56 Å². The third kappa shape index (κ3) is 6.36. The van der Waals surface area contributed by atoms with E-state index in [0.717, 1.165) is 88.8 Å². The van der Waals surface area contributed by atoms with Crippen molar-refractivity contribution in [3.63, 3.8) is 0 Å². The number of fused-ring (bicyclic) bond motifs is 8. The molecule has 0 aliphatic rings. The summed E-state index contributed by atoms with van der Waals surface area (Å²) < 4.78 is 12.9. The molecule has 0 saturated heterocycles.